The highest BCUT2D eigenvalue weighted by atomic mass is 35.5. The number of benzene rings is 1. The van der Waals surface area contributed by atoms with Gasteiger partial charge in [-0.15, -0.1) is 12.4 Å². The molecule has 1 saturated heterocycles. The average molecular weight is 334 g/mol. The molecule has 2 rings (SSSR count). The second-order valence-electron chi connectivity index (χ2n) is 5.41. The van der Waals surface area contributed by atoms with Crippen molar-refractivity contribution in [1.82, 2.24) is 10.2 Å². The van der Waals surface area contributed by atoms with E-state index in [9.17, 15) is 13.6 Å². The predicted molar refractivity (Wildman–Crippen MR) is 85.4 cm³/mol. The van der Waals surface area contributed by atoms with E-state index < -0.39 is 11.6 Å². The third-order valence-corrected chi connectivity index (χ3v) is 3.97. The molecule has 0 aliphatic carbocycles. The Labute approximate surface area is 135 Å². The van der Waals surface area contributed by atoms with Crippen molar-refractivity contribution in [3.8, 4) is 0 Å². The first-order valence-electron chi connectivity index (χ1n) is 7.18. The zero-order chi connectivity index (χ0) is 15.4. The summed E-state index contributed by atoms with van der Waals surface area (Å²) in [6.45, 7) is 3.39. The van der Waals surface area contributed by atoms with Crippen LogP contribution in [-0.4, -0.2) is 43.0 Å². The van der Waals surface area contributed by atoms with Crippen molar-refractivity contribution in [2.75, 3.05) is 25.5 Å². The van der Waals surface area contributed by atoms with Crippen LogP contribution in [0.2, 0.25) is 0 Å². The largest absolute Gasteiger partial charge is 0.322 e. The predicted octanol–water partition coefficient (Wildman–Crippen LogP) is 2.40. The summed E-state index contributed by atoms with van der Waals surface area (Å²) in [6.07, 6.45) is 2.09. The molecule has 22 heavy (non-hydrogen) atoms. The summed E-state index contributed by atoms with van der Waals surface area (Å²) in [5.41, 5.74) is -0.117. The van der Waals surface area contributed by atoms with Gasteiger partial charge in [-0.1, -0.05) is 0 Å². The van der Waals surface area contributed by atoms with Crippen molar-refractivity contribution in [3.63, 3.8) is 0 Å². The van der Waals surface area contributed by atoms with Gasteiger partial charge in [0.1, 0.15) is 11.6 Å². The SMILES string of the molecule is CNC1CCCN(C(C)C(=O)Nc2cc(F)ccc2F)C1.Cl. The van der Waals surface area contributed by atoms with Crippen molar-refractivity contribution < 1.29 is 13.6 Å². The van der Waals surface area contributed by atoms with E-state index in [-0.39, 0.29) is 30.0 Å². The lowest BCUT2D eigenvalue weighted by atomic mass is 10.0. The molecule has 2 unspecified atom stereocenters. The maximum absolute atomic E-state index is 13.5. The first kappa shape index (κ1) is 18.8. The van der Waals surface area contributed by atoms with Crippen molar-refractivity contribution in [2.45, 2.75) is 31.8 Å². The van der Waals surface area contributed by atoms with Crippen molar-refractivity contribution in [2.24, 2.45) is 0 Å². The van der Waals surface area contributed by atoms with Gasteiger partial charge in [-0.05, 0) is 45.5 Å². The lowest BCUT2D eigenvalue weighted by Gasteiger charge is -2.35. The standard InChI is InChI=1S/C15H21F2N3O.ClH/c1-10(20-7-3-4-12(9-20)18-2)15(21)19-14-8-11(16)5-6-13(14)17;/h5-6,8,10,12,18H,3-4,7,9H2,1-2H3,(H,19,21);1H. The van der Waals surface area contributed by atoms with E-state index in [4.69, 9.17) is 0 Å². The molecule has 1 aromatic rings. The van der Waals surface area contributed by atoms with Gasteiger partial charge in [0.25, 0.3) is 0 Å². The summed E-state index contributed by atoms with van der Waals surface area (Å²) >= 11 is 0. The Hall–Kier alpha value is -1.24. The fraction of sp³-hybridized carbons (Fsp3) is 0.533. The zero-order valence-electron chi connectivity index (χ0n) is 12.7. The van der Waals surface area contributed by atoms with Gasteiger partial charge < -0.3 is 10.6 Å². The minimum Gasteiger partial charge on any atom is -0.322 e. The molecule has 2 N–H and O–H groups in total. The van der Waals surface area contributed by atoms with Gasteiger partial charge in [0.2, 0.25) is 5.91 Å². The summed E-state index contributed by atoms with van der Waals surface area (Å²) in [7, 11) is 1.90. The van der Waals surface area contributed by atoms with Gasteiger partial charge in [-0.25, -0.2) is 8.78 Å². The summed E-state index contributed by atoms with van der Waals surface area (Å²) in [6, 6.07) is 3.00. The average Bonchev–Trinajstić information content (AvgIpc) is 2.50. The Morgan fingerprint density at radius 1 is 1.41 bits per heavy atom. The van der Waals surface area contributed by atoms with E-state index in [1.54, 1.807) is 6.92 Å². The van der Waals surface area contributed by atoms with Crippen LogP contribution in [0.3, 0.4) is 0 Å². The first-order chi connectivity index (χ1) is 10.0. The monoisotopic (exact) mass is 333 g/mol. The molecule has 1 aliphatic heterocycles. The molecular formula is C15H22ClF2N3O. The van der Waals surface area contributed by atoms with Crippen molar-refractivity contribution in [1.29, 1.82) is 0 Å². The first-order valence-corrected chi connectivity index (χ1v) is 7.18. The van der Waals surface area contributed by atoms with E-state index in [1.807, 2.05) is 7.05 Å². The Morgan fingerprint density at radius 3 is 2.82 bits per heavy atom. The number of likely N-dealkylation sites (N-methyl/N-ethyl adjacent to an activating group) is 1. The molecule has 0 bridgehead atoms. The minimum atomic E-state index is -0.635. The molecule has 1 amide bonds. The van der Waals surface area contributed by atoms with Crippen LogP contribution < -0.4 is 10.6 Å². The van der Waals surface area contributed by atoms with Gasteiger partial charge >= 0.3 is 0 Å². The number of nitrogens with one attached hydrogen (secondary N) is 2. The number of amides is 1. The van der Waals surface area contributed by atoms with E-state index >= 15 is 0 Å². The van der Waals surface area contributed by atoms with Crippen LogP contribution in [0.5, 0.6) is 0 Å². The zero-order valence-corrected chi connectivity index (χ0v) is 13.6. The molecule has 0 saturated carbocycles. The third-order valence-electron chi connectivity index (χ3n) is 3.97. The Morgan fingerprint density at radius 2 is 2.14 bits per heavy atom. The Kier molecular flexibility index (Phi) is 7.19. The number of nitrogens with zero attached hydrogens (tertiary/aromatic N) is 1. The van der Waals surface area contributed by atoms with Crippen LogP contribution in [-0.2, 0) is 4.79 Å². The Balaban J connectivity index is 0.00000242. The fourth-order valence-electron chi connectivity index (χ4n) is 2.59. The highest BCUT2D eigenvalue weighted by Gasteiger charge is 2.27. The fourth-order valence-corrected chi connectivity index (χ4v) is 2.59. The number of carbonyl (C=O) groups is 1. The maximum atomic E-state index is 13.5. The van der Waals surface area contributed by atoms with Crippen molar-refractivity contribution in [3.05, 3.63) is 29.8 Å². The molecule has 4 nitrogen and oxygen atoms in total. The van der Waals surface area contributed by atoms with Crippen LogP contribution in [0.15, 0.2) is 18.2 Å². The lowest BCUT2D eigenvalue weighted by molar-refractivity contribution is -0.121. The third kappa shape index (κ3) is 4.63. The van der Waals surface area contributed by atoms with Crippen LogP contribution in [0.25, 0.3) is 0 Å². The number of rotatable bonds is 4. The topological polar surface area (TPSA) is 44.4 Å². The normalized spacial score (nSPS) is 20.1. The van der Waals surface area contributed by atoms with E-state index in [0.29, 0.717) is 6.04 Å². The number of halogens is 3. The smallest absolute Gasteiger partial charge is 0.241 e. The number of hydrogen-bond donors (Lipinski definition) is 2. The minimum absolute atomic E-state index is 0. The highest BCUT2D eigenvalue weighted by Crippen LogP contribution is 2.18. The lowest BCUT2D eigenvalue weighted by Crippen LogP contribution is -2.51. The summed E-state index contributed by atoms with van der Waals surface area (Å²) < 4.78 is 26.7. The van der Waals surface area contributed by atoms with Gasteiger partial charge in [-0.3, -0.25) is 9.69 Å². The molecule has 2 atom stereocenters. The van der Waals surface area contributed by atoms with E-state index in [1.165, 1.54) is 0 Å². The van der Waals surface area contributed by atoms with Gasteiger partial charge in [0, 0.05) is 18.7 Å². The number of piperidine rings is 1. The van der Waals surface area contributed by atoms with Gasteiger partial charge in [0.05, 0.1) is 11.7 Å². The van der Waals surface area contributed by atoms with Gasteiger partial charge in [-0.2, -0.15) is 0 Å². The number of anilines is 1. The van der Waals surface area contributed by atoms with E-state index in [2.05, 4.69) is 15.5 Å². The summed E-state index contributed by atoms with van der Waals surface area (Å²) in [5.74, 6) is -1.53. The second-order valence-corrected chi connectivity index (χ2v) is 5.41. The molecule has 124 valence electrons. The molecular weight excluding hydrogens is 312 g/mol. The molecule has 1 heterocycles. The molecule has 0 radical (unpaired) electrons. The number of hydrogen-bond acceptors (Lipinski definition) is 3. The van der Waals surface area contributed by atoms with Crippen LogP contribution in [0.1, 0.15) is 19.8 Å². The quantitative estimate of drug-likeness (QED) is 0.889. The molecule has 1 aliphatic rings. The number of carbonyl (C=O) groups excluding carboxylic acids is 1. The summed E-state index contributed by atoms with van der Waals surface area (Å²) in [5, 5.41) is 5.68. The highest BCUT2D eigenvalue weighted by molar-refractivity contribution is 5.94. The number of likely N-dealkylation sites (tertiary alicyclic amines) is 1. The van der Waals surface area contributed by atoms with Crippen molar-refractivity contribution >= 4 is 24.0 Å². The molecule has 1 aromatic carbocycles. The Bertz CT molecular complexity index is 516. The van der Waals surface area contributed by atoms with Gasteiger partial charge in [0.15, 0.2) is 0 Å². The van der Waals surface area contributed by atoms with Crippen LogP contribution >= 0.6 is 12.4 Å². The molecule has 0 aromatic heterocycles. The summed E-state index contributed by atoms with van der Waals surface area (Å²) in [4.78, 5) is 14.3. The van der Waals surface area contributed by atoms with Crippen LogP contribution in [0, 0.1) is 11.6 Å². The molecule has 1 fully saturated rings. The van der Waals surface area contributed by atoms with Crippen LogP contribution in [0.4, 0.5) is 14.5 Å². The van der Waals surface area contributed by atoms with E-state index in [0.717, 1.165) is 44.1 Å². The molecule has 0 spiro atoms. The molecule has 7 heteroatoms. The second kappa shape index (κ2) is 8.41. The maximum Gasteiger partial charge on any atom is 0.241 e.